The highest BCUT2D eigenvalue weighted by Gasteiger charge is 2.47. The third-order valence-electron chi connectivity index (χ3n) is 8.49. The third kappa shape index (κ3) is 7.05. The number of hydrogen-bond donors (Lipinski definition) is 1. The molecule has 1 aromatic carbocycles. The average Bonchev–Trinajstić information content (AvgIpc) is 3.52. The Morgan fingerprint density at radius 2 is 1.86 bits per heavy atom. The molecule has 206 valence electrons. The van der Waals surface area contributed by atoms with Crippen molar-refractivity contribution in [1.82, 2.24) is 9.80 Å². The first kappa shape index (κ1) is 27.9. The maximum absolute atomic E-state index is 13.5. The van der Waals surface area contributed by atoms with Gasteiger partial charge in [-0.05, 0) is 62.1 Å². The minimum atomic E-state index is -0.764. The van der Waals surface area contributed by atoms with Gasteiger partial charge in [0.15, 0.2) is 0 Å². The standard InChI is InChI=1S/C30H46N2O5/c1-3-5-15-31(16-6-4-2)28(33)21-32-20-25(22-10-13-27-23(19-22)14-18-37-27)29(30(34)35)26(32)12-11-24-9-7-8-17-36-24/h10,13,19,24-26,29H,3-9,11-12,14-18,20-21H2,1-2H3,(H,34,35). The number of carbonyl (C=O) groups excluding carboxylic acids is 1. The molecule has 3 aliphatic rings. The van der Waals surface area contributed by atoms with Crippen molar-refractivity contribution >= 4 is 11.9 Å². The minimum Gasteiger partial charge on any atom is -0.493 e. The Balaban J connectivity index is 1.55. The molecule has 0 aliphatic carbocycles. The number of unbranched alkanes of at least 4 members (excludes halogenated alkanes) is 2. The highest BCUT2D eigenvalue weighted by molar-refractivity contribution is 5.79. The van der Waals surface area contributed by atoms with Gasteiger partial charge in [0, 0.05) is 44.6 Å². The predicted molar refractivity (Wildman–Crippen MR) is 144 cm³/mol. The third-order valence-corrected chi connectivity index (χ3v) is 8.49. The molecule has 1 N–H and O–H groups in total. The van der Waals surface area contributed by atoms with E-state index in [-0.39, 0.29) is 30.5 Å². The molecule has 1 amide bonds. The lowest BCUT2D eigenvalue weighted by Gasteiger charge is -2.31. The molecule has 0 spiro atoms. The second-order valence-corrected chi connectivity index (χ2v) is 11.1. The molecule has 3 heterocycles. The molecular weight excluding hydrogens is 468 g/mol. The van der Waals surface area contributed by atoms with Crippen molar-refractivity contribution in [3.05, 3.63) is 29.3 Å². The first-order valence-electron chi connectivity index (χ1n) is 14.6. The van der Waals surface area contributed by atoms with E-state index in [2.05, 4.69) is 24.8 Å². The summed E-state index contributed by atoms with van der Waals surface area (Å²) in [5, 5.41) is 10.5. The van der Waals surface area contributed by atoms with Crippen LogP contribution in [-0.2, 0) is 20.7 Å². The summed E-state index contributed by atoms with van der Waals surface area (Å²) in [5.74, 6) is -0.410. The van der Waals surface area contributed by atoms with E-state index in [0.717, 1.165) is 94.4 Å². The summed E-state index contributed by atoms with van der Waals surface area (Å²) in [6, 6.07) is 5.99. The van der Waals surface area contributed by atoms with Gasteiger partial charge in [0.2, 0.25) is 5.91 Å². The van der Waals surface area contributed by atoms with Crippen molar-refractivity contribution in [2.45, 2.75) is 96.1 Å². The van der Waals surface area contributed by atoms with Crippen LogP contribution in [0.25, 0.3) is 0 Å². The zero-order valence-electron chi connectivity index (χ0n) is 22.8. The van der Waals surface area contributed by atoms with Crippen LogP contribution in [0.4, 0.5) is 0 Å². The first-order valence-corrected chi connectivity index (χ1v) is 14.6. The van der Waals surface area contributed by atoms with Crippen LogP contribution in [0.1, 0.15) is 88.7 Å². The van der Waals surface area contributed by atoms with Gasteiger partial charge in [0.25, 0.3) is 0 Å². The van der Waals surface area contributed by atoms with Gasteiger partial charge in [-0.3, -0.25) is 14.5 Å². The lowest BCUT2D eigenvalue weighted by atomic mass is 9.82. The number of carboxylic acid groups (broad SMARTS) is 1. The van der Waals surface area contributed by atoms with Crippen LogP contribution >= 0.6 is 0 Å². The highest BCUT2D eigenvalue weighted by Crippen LogP contribution is 2.41. The number of carbonyl (C=O) groups is 2. The highest BCUT2D eigenvalue weighted by atomic mass is 16.5. The fourth-order valence-corrected chi connectivity index (χ4v) is 6.35. The SMILES string of the molecule is CCCCN(CCCC)C(=O)CN1CC(c2ccc3c(c2)CCO3)C(C(=O)O)C1CCC1CCCCO1. The van der Waals surface area contributed by atoms with E-state index >= 15 is 0 Å². The molecule has 4 rings (SSSR count). The van der Waals surface area contributed by atoms with Gasteiger partial charge in [0.1, 0.15) is 5.75 Å². The molecule has 2 fully saturated rings. The van der Waals surface area contributed by atoms with E-state index in [9.17, 15) is 14.7 Å². The molecular formula is C30H46N2O5. The number of likely N-dealkylation sites (tertiary alicyclic amines) is 1. The van der Waals surface area contributed by atoms with Crippen LogP contribution in [-0.4, -0.2) is 78.3 Å². The van der Waals surface area contributed by atoms with Crippen LogP contribution in [0, 0.1) is 5.92 Å². The van der Waals surface area contributed by atoms with E-state index in [4.69, 9.17) is 9.47 Å². The van der Waals surface area contributed by atoms with Crippen LogP contribution in [0.5, 0.6) is 5.75 Å². The fraction of sp³-hybridized carbons (Fsp3) is 0.733. The number of amides is 1. The zero-order valence-corrected chi connectivity index (χ0v) is 22.8. The summed E-state index contributed by atoms with van der Waals surface area (Å²) in [4.78, 5) is 30.5. The van der Waals surface area contributed by atoms with Gasteiger partial charge in [-0.2, -0.15) is 0 Å². The number of rotatable bonds is 13. The predicted octanol–water partition coefficient (Wildman–Crippen LogP) is 4.87. The molecule has 0 aromatic heterocycles. The Bertz CT molecular complexity index is 892. The lowest BCUT2D eigenvalue weighted by molar-refractivity contribution is -0.144. The van der Waals surface area contributed by atoms with Gasteiger partial charge < -0.3 is 19.5 Å². The summed E-state index contributed by atoms with van der Waals surface area (Å²) in [6.07, 6.45) is 10.1. The number of carboxylic acids is 1. The monoisotopic (exact) mass is 514 g/mol. The number of fused-ring (bicyclic) bond motifs is 1. The number of nitrogens with zero attached hydrogens (tertiary/aromatic N) is 2. The number of ether oxygens (including phenoxy) is 2. The maximum Gasteiger partial charge on any atom is 0.308 e. The van der Waals surface area contributed by atoms with Crippen LogP contribution in [0.15, 0.2) is 18.2 Å². The summed E-state index contributed by atoms with van der Waals surface area (Å²) >= 11 is 0. The molecule has 0 saturated carbocycles. The Hall–Kier alpha value is -2.12. The van der Waals surface area contributed by atoms with E-state index in [1.165, 1.54) is 6.42 Å². The zero-order chi connectivity index (χ0) is 26.2. The largest absolute Gasteiger partial charge is 0.493 e. The Kier molecular flexibility index (Phi) is 10.3. The van der Waals surface area contributed by atoms with E-state index in [1.54, 1.807) is 0 Å². The van der Waals surface area contributed by atoms with Crippen molar-refractivity contribution in [3.8, 4) is 5.75 Å². The molecule has 7 heteroatoms. The van der Waals surface area contributed by atoms with Crippen molar-refractivity contribution in [1.29, 1.82) is 0 Å². The van der Waals surface area contributed by atoms with Gasteiger partial charge >= 0.3 is 5.97 Å². The van der Waals surface area contributed by atoms with Crippen molar-refractivity contribution in [2.24, 2.45) is 5.92 Å². The molecule has 37 heavy (non-hydrogen) atoms. The number of hydrogen-bond acceptors (Lipinski definition) is 5. The smallest absolute Gasteiger partial charge is 0.308 e. The van der Waals surface area contributed by atoms with Gasteiger partial charge in [-0.1, -0.05) is 38.8 Å². The second-order valence-electron chi connectivity index (χ2n) is 11.1. The molecule has 0 radical (unpaired) electrons. The van der Waals surface area contributed by atoms with E-state index in [1.807, 2.05) is 17.0 Å². The molecule has 0 bridgehead atoms. The topological polar surface area (TPSA) is 79.3 Å². The molecule has 4 unspecified atom stereocenters. The molecule has 2 saturated heterocycles. The van der Waals surface area contributed by atoms with Crippen LogP contribution in [0.2, 0.25) is 0 Å². The molecule has 3 aliphatic heterocycles. The molecule has 7 nitrogen and oxygen atoms in total. The number of aliphatic carboxylic acids is 1. The Morgan fingerprint density at radius 3 is 2.54 bits per heavy atom. The average molecular weight is 515 g/mol. The quantitative estimate of drug-likeness (QED) is 0.405. The fourth-order valence-electron chi connectivity index (χ4n) is 6.35. The van der Waals surface area contributed by atoms with Gasteiger partial charge in [0.05, 0.1) is 25.2 Å². The van der Waals surface area contributed by atoms with E-state index < -0.39 is 11.9 Å². The number of benzene rings is 1. The summed E-state index contributed by atoms with van der Waals surface area (Å²) in [7, 11) is 0. The summed E-state index contributed by atoms with van der Waals surface area (Å²) in [5.41, 5.74) is 2.22. The van der Waals surface area contributed by atoms with Crippen molar-refractivity contribution in [2.75, 3.05) is 39.4 Å². The van der Waals surface area contributed by atoms with Crippen molar-refractivity contribution in [3.63, 3.8) is 0 Å². The minimum absolute atomic E-state index is 0.132. The molecule has 4 atom stereocenters. The lowest BCUT2D eigenvalue weighted by Crippen LogP contribution is -2.45. The second kappa shape index (κ2) is 13.6. The summed E-state index contributed by atoms with van der Waals surface area (Å²) < 4.78 is 11.7. The van der Waals surface area contributed by atoms with Gasteiger partial charge in [-0.15, -0.1) is 0 Å². The Labute approximate surface area is 222 Å². The van der Waals surface area contributed by atoms with E-state index in [0.29, 0.717) is 13.2 Å². The van der Waals surface area contributed by atoms with Gasteiger partial charge in [-0.25, -0.2) is 0 Å². The Morgan fingerprint density at radius 1 is 1.08 bits per heavy atom. The van der Waals surface area contributed by atoms with Crippen LogP contribution in [0.3, 0.4) is 0 Å². The normalized spacial score (nSPS) is 25.6. The first-order chi connectivity index (χ1) is 18.0. The van der Waals surface area contributed by atoms with Crippen LogP contribution < -0.4 is 4.74 Å². The molecule has 1 aromatic rings. The maximum atomic E-state index is 13.5. The summed E-state index contributed by atoms with van der Waals surface area (Å²) in [6.45, 7) is 8.21. The van der Waals surface area contributed by atoms with Crippen molar-refractivity contribution < 1.29 is 24.2 Å².